The van der Waals surface area contributed by atoms with Gasteiger partial charge in [-0.2, -0.15) is 0 Å². The zero-order valence-corrected chi connectivity index (χ0v) is 9.93. The Morgan fingerprint density at radius 2 is 2.47 bits per heavy atom. The van der Waals surface area contributed by atoms with E-state index in [1.807, 2.05) is 6.07 Å². The van der Waals surface area contributed by atoms with Crippen molar-refractivity contribution in [2.45, 2.75) is 12.8 Å². The molecule has 1 aliphatic heterocycles. The molecule has 1 atom stereocenters. The van der Waals surface area contributed by atoms with Crippen molar-refractivity contribution >= 4 is 17.5 Å². The average molecular weight is 235 g/mol. The lowest BCUT2D eigenvalue weighted by Gasteiger charge is -2.32. The molecule has 1 unspecified atom stereocenters. The van der Waals surface area contributed by atoms with E-state index in [-0.39, 0.29) is 11.9 Å². The van der Waals surface area contributed by atoms with Crippen LogP contribution in [0.5, 0.6) is 0 Å². The minimum Gasteiger partial charge on any atom is -0.469 e. The third-order valence-electron chi connectivity index (χ3n) is 3.05. The van der Waals surface area contributed by atoms with Gasteiger partial charge < -0.3 is 15.4 Å². The van der Waals surface area contributed by atoms with Gasteiger partial charge in [0.25, 0.3) is 0 Å². The predicted octanol–water partition coefficient (Wildman–Crippen LogP) is 1.05. The Morgan fingerprint density at radius 1 is 1.65 bits per heavy atom. The molecule has 0 bridgehead atoms. The van der Waals surface area contributed by atoms with Gasteiger partial charge in [0, 0.05) is 31.0 Å². The Morgan fingerprint density at radius 3 is 3.18 bits per heavy atom. The molecule has 0 spiro atoms. The predicted molar refractivity (Wildman–Crippen MR) is 65.6 cm³/mol. The van der Waals surface area contributed by atoms with E-state index < -0.39 is 0 Å². The molecular formula is C12H17N3O2. The van der Waals surface area contributed by atoms with Crippen LogP contribution in [0.1, 0.15) is 12.8 Å². The van der Waals surface area contributed by atoms with Gasteiger partial charge in [-0.3, -0.25) is 4.79 Å². The van der Waals surface area contributed by atoms with Crippen LogP contribution in [0.25, 0.3) is 0 Å². The third kappa shape index (κ3) is 2.67. The van der Waals surface area contributed by atoms with Crippen molar-refractivity contribution in [1.29, 1.82) is 0 Å². The lowest BCUT2D eigenvalue weighted by Crippen LogP contribution is -2.39. The first-order chi connectivity index (χ1) is 8.20. The zero-order chi connectivity index (χ0) is 12.3. The molecule has 1 aromatic heterocycles. The van der Waals surface area contributed by atoms with Crippen LogP contribution in [0.15, 0.2) is 18.3 Å². The number of anilines is 2. The van der Waals surface area contributed by atoms with Gasteiger partial charge in [-0.05, 0) is 18.9 Å². The first-order valence-electron chi connectivity index (χ1n) is 5.75. The number of carbonyl (C=O) groups excluding carboxylic acids is 1. The van der Waals surface area contributed by atoms with Crippen molar-refractivity contribution in [2.75, 3.05) is 30.8 Å². The van der Waals surface area contributed by atoms with E-state index in [1.54, 1.807) is 12.3 Å². The quantitative estimate of drug-likeness (QED) is 0.776. The van der Waals surface area contributed by atoms with Crippen LogP contribution in [0.4, 0.5) is 11.5 Å². The fourth-order valence-electron chi connectivity index (χ4n) is 2.15. The molecule has 2 rings (SSSR count). The topological polar surface area (TPSA) is 68.5 Å². The van der Waals surface area contributed by atoms with Crippen molar-refractivity contribution in [3.8, 4) is 0 Å². The number of nitrogens with two attached hydrogens (primary N) is 1. The number of rotatable bonds is 2. The van der Waals surface area contributed by atoms with E-state index in [9.17, 15) is 4.79 Å². The fraction of sp³-hybridized carbons (Fsp3) is 0.500. The molecule has 2 N–H and O–H groups in total. The summed E-state index contributed by atoms with van der Waals surface area (Å²) in [7, 11) is 1.43. The maximum absolute atomic E-state index is 11.5. The minimum absolute atomic E-state index is 0.0584. The Labute approximate surface area is 101 Å². The number of esters is 1. The largest absolute Gasteiger partial charge is 0.469 e. The Kier molecular flexibility index (Phi) is 3.46. The first-order valence-corrected chi connectivity index (χ1v) is 5.75. The zero-order valence-electron chi connectivity index (χ0n) is 9.93. The van der Waals surface area contributed by atoms with E-state index in [0.29, 0.717) is 12.2 Å². The number of carbonyl (C=O) groups is 1. The third-order valence-corrected chi connectivity index (χ3v) is 3.05. The van der Waals surface area contributed by atoms with Crippen LogP contribution in [0.2, 0.25) is 0 Å². The highest BCUT2D eigenvalue weighted by Gasteiger charge is 2.27. The molecule has 5 nitrogen and oxygen atoms in total. The van der Waals surface area contributed by atoms with Crippen molar-refractivity contribution < 1.29 is 9.53 Å². The summed E-state index contributed by atoms with van der Waals surface area (Å²) in [5, 5.41) is 0. The summed E-state index contributed by atoms with van der Waals surface area (Å²) in [5.74, 6) is 0.634. The van der Waals surface area contributed by atoms with Gasteiger partial charge in [-0.15, -0.1) is 0 Å². The molecule has 0 aliphatic carbocycles. The number of nitrogen functional groups attached to an aromatic ring is 1. The highest BCUT2D eigenvalue weighted by molar-refractivity contribution is 5.73. The molecule has 1 saturated heterocycles. The number of hydrogen-bond acceptors (Lipinski definition) is 5. The van der Waals surface area contributed by atoms with Crippen LogP contribution < -0.4 is 10.6 Å². The van der Waals surface area contributed by atoms with Gasteiger partial charge >= 0.3 is 5.97 Å². The van der Waals surface area contributed by atoms with Crippen molar-refractivity contribution in [2.24, 2.45) is 5.92 Å². The summed E-state index contributed by atoms with van der Waals surface area (Å²) in [5.41, 5.74) is 6.42. The first kappa shape index (κ1) is 11.7. The second kappa shape index (κ2) is 5.03. The summed E-state index contributed by atoms with van der Waals surface area (Å²) in [4.78, 5) is 17.9. The summed E-state index contributed by atoms with van der Waals surface area (Å²) in [6, 6.07) is 3.59. The molecule has 5 heteroatoms. The second-order valence-electron chi connectivity index (χ2n) is 4.26. The van der Waals surface area contributed by atoms with Crippen LogP contribution >= 0.6 is 0 Å². The normalized spacial score (nSPS) is 20.1. The maximum Gasteiger partial charge on any atom is 0.310 e. The number of nitrogens with zero attached hydrogens (tertiary/aromatic N) is 2. The van der Waals surface area contributed by atoms with E-state index >= 15 is 0 Å². The van der Waals surface area contributed by atoms with Gasteiger partial charge in [0.05, 0.1) is 13.0 Å². The molecule has 0 radical (unpaired) electrons. The lowest BCUT2D eigenvalue weighted by molar-refractivity contribution is -0.145. The summed E-state index contributed by atoms with van der Waals surface area (Å²) < 4.78 is 4.79. The van der Waals surface area contributed by atoms with E-state index in [0.717, 1.165) is 25.2 Å². The molecule has 1 fully saturated rings. The monoisotopic (exact) mass is 235 g/mol. The number of ether oxygens (including phenoxy) is 1. The van der Waals surface area contributed by atoms with E-state index in [2.05, 4.69) is 9.88 Å². The lowest BCUT2D eigenvalue weighted by atomic mass is 9.98. The highest BCUT2D eigenvalue weighted by Crippen LogP contribution is 2.23. The van der Waals surface area contributed by atoms with Crippen LogP contribution in [0.3, 0.4) is 0 Å². The average Bonchev–Trinajstić information content (AvgIpc) is 2.38. The van der Waals surface area contributed by atoms with Crippen molar-refractivity contribution in [3.05, 3.63) is 18.3 Å². The summed E-state index contributed by atoms with van der Waals surface area (Å²) >= 11 is 0. The Hall–Kier alpha value is -1.78. The second-order valence-corrected chi connectivity index (χ2v) is 4.26. The maximum atomic E-state index is 11.5. The fourth-order valence-corrected chi connectivity index (χ4v) is 2.15. The van der Waals surface area contributed by atoms with Crippen molar-refractivity contribution in [3.63, 3.8) is 0 Å². The molecule has 0 amide bonds. The molecule has 1 aliphatic rings. The van der Waals surface area contributed by atoms with Gasteiger partial charge in [0.15, 0.2) is 0 Å². The van der Waals surface area contributed by atoms with Gasteiger partial charge in [0.2, 0.25) is 0 Å². The van der Waals surface area contributed by atoms with Crippen LogP contribution in [-0.4, -0.2) is 31.2 Å². The van der Waals surface area contributed by atoms with Crippen LogP contribution in [0, 0.1) is 5.92 Å². The van der Waals surface area contributed by atoms with E-state index in [1.165, 1.54) is 7.11 Å². The Balaban J connectivity index is 2.09. The van der Waals surface area contributed by atoms with Gasteiger partial charge in [0.1, 0.15) is 5.82 Å². The van der Waals surface area contributed by atoms with Crippen molar-refractivity contribution in [1.82, 2.24) is 4.98 Å². The Bertz CT molecular complexity index is 408. The summed E-state index contributed by atoms with van der Waals surface area (Å²) in [6.45, 7) is 1.56. The number of aromatic nitrogens is 1. The molecule has 1 aromatic rings. The molecule has 92 valence electrons. The highest BCUT2D eigenvalue weighted by atomic mass is 16.5. The van der Waals surface area contributed by atoms with E-state index in [4.69, 9.17) is 10.5 Å². The summed E-state index contributed by atoms with van der Waals surface area (Å²) in [6.07, 6.45) is 3.54. The molecule has 0 saturated carbocycles. The molecule has 0 aromatic carbocycles. The SMILES string of the molecule is COC(=O)C1CCCN(c2cc(N)ccn2)C1. The molecule has 2 heterocycles. The standard InChI is InChI=1S/C12H17N3O2/c1-17-12(16)9-3-2-6-15(8-9)11-7-10(13)4-5-14-11/h4-5,7,9H,2-3,6,8H2,1H3,(H2,13,14). The van der Waals surface area contributed by atoms with Gasteiger partial charge in [-0.25, -0.2) is 4.98 Å². The van der Waals surface area contributed by atoms with Crippen LogP contribution in [-0.2, 0) is 9.53 Å². The number of piperidine rings is 1. The smallest absolute Gasteiger partial charge is 0.310 e. The molecule has 17 heavy (non-hydrogen) atoms. The number of pyridine rings is 1. The number of methoxy groups -OCH3 is 1. The number of hydrogen-bond donors (Lipinski definition) is 1. The molecular weight excluding hydrogens is 218 g/mol. The minimum atomic E-state index is -0.140. The van der Waals surface area contributed by atoms with Gasteiger partial charge in [-0.1, -0.05) is 0 Å².